The monoisotopic (exact) mass is 380 g/mol. The van der Waals surface area contributed by atoms with Crippen molar-refractivity contribution in [3.8, 4) is 5.75 Å². The molecular formula is C21H20N2O3S. The number of hydrogen-bond acceptors (Lipinski definition) is 4. The van der Waals surface area contributed by atoms with Crippen molar-refractivity contribution in [2.75, 3.05) is 17.2 Å². The zero-order chi connectivity index (χ0) is 19.2. The fraction of sp³-hybridized carbons (Fsp3) is 0.143. The summed E-state index contributed by atoms with van der Waals surface area (Å²) < 4.78 is 5.38. The van der Waals surface area contributed by atoms with Gasteiger partial charge >= 0.3 is 0 Å². The van der Waals surface area contributed by atoms with Gasteiger partial charge in [-0.15, -0.1) is 11.3 Å². The van der Waals surface area contributed by atoms with Crippen molar-refractivity contribution in [3.63, 3.8) is 0 Å². The van der Waals surface area contributed by atoms with Gasteiger partial charge in [-0.1, -0.05) is 0 Å². The van der Waals surface area contributed by atoms with Crippen molar-refractivity contribution in [1.29, 1.82) is 0 Å². The molecule has 0 radical (unpaired) electrons. The minimum Gasteiger partial charge on any atom is -0.494 e. The van der Waals surface area contributed by atoms with Crippen molar-refractivity contribution >= 4 is 34.5 Å². The summed E-state index contributed by atoms with van der Waals surface area (Å²) in [7, 11) is 0. The summed E-state index contributed by atoms with van der Waals surface area (Å²) in [5, 5.41) is 5.67. The second-order valence-corrected chi connectivity index (χ2v) is 7.14. The molecule has 0 saturated carbocycles. The first kappa shape index (κ1) is 18.7. The van der Waals surface area contributed by atoms with Crippen LogP contribution >= 0.6 is 11.3 Å². The van der Waals surface area contributed by atoms with E-state index in [1.165, 1.54) is 11.3 Å². The van der Waals surface area contributed by atoms with Crippen LogP contribution in [0.4, 0.5) is 11.4 Å². The van der Waals surface area contributed by atoms with E-state index in [0.717, 1.165) is 10.6 Å². The molecule has 3 aromatic rings. The molecule has 5 nitrogen and oxygen atoms in total. The van der Waals surface area contributed by atoms with Crippen LogP contribution in [0.3, 0.4) is 0 Å². The van der Waals surface area contributed by atoms with Crippen molar-refractivity contribution < 1.29 is 14.3 Å². The molecule has 6 heteroatoms. The first-order chi connectivity index (χ1) is 13.0. The number of amides is 2. The van der Waals surface area contributed by atoms with Crippen LogP contribution in [-0.2, 0) is 0 Å². The highest BCUT2D eigenvalue weighted by Gasteiger charge is 2.10. The van der Waals surface area contributed by atoms with Crippen LogP contribution in [0.1, 0.15) is 31.8 Å². The number of rotatable bonds is 6. The Bertz CT molecular complexity index is 931. The molecule has 1 aromatic heterocycles. The maximum atomic E-state index is 12.4. The first-order valence-corrected chi connectivity index (χ1v) is 9.39. The zero-order valence-corrected chi connectivity index (χ0v) is 15.9. The molecule has 0 aliphatic rings. The van der Waals surface area contributed by atoms with E-state index >= 15 is 0 Å². The Morgan fingerprint density at radius 2 is 1.44 bits per heavy atom. The van der Waals surface area contributed by atoms with Crippen LogP contribution in [0, 0.1) is 6.92 Å². The number of nitrogens with one attached hydrogen (secondary N) is 2. The molecule has 0 bridgehead atoms. The maximum absolute atomic E-state index is 12.4. The molecule has 138 valence electrons. The number of benzene rings is 2. The molecule has 0 fully saturated rings. The molecule has 0 saturated heterocycles. The Labute approximate surface area is 162 Å². The van der Waals surface area contributed by atoms with Gasteiger partial charge in [0.2, 0.25) is 0 Å². The van der Waals surface area contributed by atoms with Gasteiger partial charge in [0.1, 0.15) is 5.75 Å². The molecule has 0 atom stereocenters. The summed E-state index contributed by atoms with van der Waals surface area (Å²) in [6.45, 7) is 4.48. The average molecular weight is 380 g/mol. The lowest BCUT2D eigenvalue weighted by molar-refractivity contribution is 0.102. The standard InChI is InChI=1S/C21H20N2O3S/c1-3-26-18-11-9-17(10-12-18)22-20(24)15-5-7-16(8-6-15)23-21(25)19-13-4-14(2)27-19/h4-13H,3H2,1-2H3,(H,22,24)(H,23,25). The summed E-state index contributed by atoms with van der Waals surface area (Å²) in [5.41, 5.74) is 1.84. The third-order valence-electron chi connectivity index (χ3n) is 3.79. The van der Waals surface area contributed by atoms with Gasteiger partial charge in [-0.25, -0.2) is 0 Å². The minimum absolute atomic E-state index is 0.153. The van der Waals surface area contributed by atoms with E-state index in [9.17, 15) is 9.59 Å². The van der Waals surface area contributed by atoms with Crippen molar-refractivity contribution in [3.05, 3.63) is 76.0 Å². The Morgan fingerprint density at radius 3 is 2.00 bits per heavy atom. The highest BCUT2D eigenvalue weighted by atomic mass is 32.1. The van der Waals surface area contributed by atoms with Gasteiger partial charge in [-0.2, -0.15) is 0 Å². The number of ether oxygens (including phenoxy) is 1. The van der Waals surface area contributed by atoms with Crippen LogP contribution in [-0.4, -0.2) is 18.4 Å². The predicted octanol–water partition coefficient (Wildman–Crippen LogP) is 4.96. The predicted molar refractivity (Wildman–Crippen MR) is 109 cm³/mol. The van der Waals surface area contributed by atoms with E-state index in [2.05, 4.69) is 10.6 Å². The molecule has 0 aliphatic carbocycles. The summed E-state index contributed by atoms with van der Waals surface area (Å²) in [4.78, 5) is 26.3. The number of carbonyl (C=O) groups excluding carboxylic acids is 2. The molecule has 2 N–H and O–H groups in total. The van der Waals surface area contributed by atoms with Crippen molar-refractivity contribution in [1.82, 2.24) is 0 Å². The number of hydrogen-bond donors (Lipinski definition) is 2. The number of thiophene rings is 1. The van der Waals surface area contributed by atoms with Crippen LogP contribution in [0.2, 0.25) is 0 Å². The molecular weight excluding hydrogens is 360 g/mol. The third-order valence-corrected chi connectivity index (χ3v) is 4.79. The maximum Gasteiger partial charge on any atom is 0.265 e. The van der Waals surface area contributed by atoms with E-state index in [0.29, 0.717) is 28.4 Å². The van der Waals surface area contributed by atoms with E-state index in [1.54, 1.807) is 42.5 Å². The number of anilines is 2. The molecule has 2 aromatic carbocycles. The van der Waals surface area contributed by atoms with Gasteiger partial charge in [0, 0.05) is 21.8 Å². The molecule has 27 heavy (non-hydrogen) atoms. The third kappa shape index (κ3) is 4.95. The quantitative estimate of drug-likeness (QED) is 0.635. The van der Waals surface area contributed by atoms with E-state index in [-0.39, 0.29) is 11.8 Å². The summed E-state index contributed by atoms with van der Waals surface area (Å²) in [6, 6.07) is 17.7. The largest absolute Gasteiger partial charge is 0.494 e. The van der Waals surface area contributed by atoms with E-state index in [4.69, 9.17) is 4.74 Å². The Hall–Kier alpha value is -3.12. The Morgan fingerprint density at radius 1 is 0.852 bits per heavy atom. The lowest BCUT2D eigenvalue weighted by Gasteiger charge is -2.08. The average Bonchev–Trinajstić information content (AvgIpc) is 3.11. The minimum atomic E-state index is -0.217. The summed E-state index contributed by atoms with van der Waals surface area (Å²) >= 11 is 1.44. The van der Waals surface area contributed by atoms with Crippen LogP contribution < -0.4 is 15.4 Å². The van der Waals surface area contributed by atoms with Gasteiger partial charge in [0.05, 0.1) is 11.5 Å². The molecule has 1 heterocycles. The van der Waals surface area contributed by atoms with E-state index in [1.807, 2.05) is 32.0 Å². The topological polar surface area (TPSA) is 67.4 Å². The zero-order valence-electron chi connectivity index (χ0n) is 15.1. The fourth-order valence-corrected chi connectivity index (χ4v) is 3.22. The first-order valence-electron chi connectivity index (χ1n) is 8.57. The Kier molecular flexibility index (Phi) is 5.88. The van der Waals surface area contributed by atoms with Crippen LogP contribution in [0.25, 0.3) is 0 Å². The van der Waals surface area contributed by atoms with E-state index < -0.39 is 0 Å². The van der Waals surface area contributed by atoms with Gasteiger partial charge < -0.3 is 15.4 Å². The number of carbonyl (C=O) groups is 2. The lowest BCUT2D eigenvalue weighted by Crippen LogP contribution is -2.13. The normalized spacial score (nSPS) is 10.3. The Balaban J connectivity index is 1.60. The van der Waals surface area contributed by atoms with Crippen molar-refractivity contribution in [2.45, 2.75) is 13.8 Å². The van der Waals surface area contributed by atoms with Gasteiger partial charge in [-0.05, 0) is 74.5 Å². The van der Waals surface area contributed by atoms with Crippen LogP contribution in [0.15, 0.2) is 60.7 Å². The summed E-state index contributed by atoms with van der Waals surface area (Å²) in [6.07, 6.45) is 0. The molecule has 0 aliphatic heterocycles. The molecule has 3 rings (SSSR count). The highest BCUT2D eigenvalue weighted by molar-refractivity contribution is 7.14. The van der Waals surface area contributed by atoms with Crippen LogP contribution in [0.5, 0.6) is 5.75 Å². The highest BCUT2D eigenvalue weighted by Crippen LogP contribution is 2.19. The van der Waals surface area contributed by atoms with Gasteiger partial charge in [-0.3, -0.25) is 9.59 Å². The second kappa shape index (κ2) is 8.51. The van der Waals surface area contributed by atoms with Gasteiger partial charge in [0.15, 0.2) is 0 Å². The molecule has 2 amide bonds. The molecule has 0 spiro atoms. The SMILES string of the molecule is CCOc1ccc(NC(=O)c2ccc(NC(=O)c3ccc(C)s3)cc2)cc1. The summed E-state index contributed by atoms with van der Waals surface area (Å²) in [5.74, 6) is 0.391. The van der Waals surface area contributed by atoms with Gasteiger partial charge in [0.25, 0.3) is 11.8 Å². The fourth-order valence-electron chi connectivity index (χ4n) is 2.46. The second-order valence-electron chi connectivity index (χ2n) is 5.85. The number of aryl methyl sites for hydroxylation is 1. The lowest BCUT2D eigenvalue weighted by atomic mass is 10.2. The van der Waals surface area contributed by atoms with Crippen molar-refractivity contribution in [2.24, 2.45) is 0 Å². The molecule has 0 unspecified atom stereocenters. The smallest absolute Gasteiger partial charge is 0.265 e.